The van der Waals surface area contributed by atoms with Crippen molar-refractivity contribution in [1.29, 1.82) is 0 Å². The molecule has 2 heterocycles. The number of nitrogens with zero attached hydrogens (tertiary/aromatic N) is 2. The van der Waals surface area contributed by atoms with E-state index in [4.69, 9.17) is 0 Å². The lowest BCUT2D eigenvalue weighted by atomic mass is 9.98. The average molecular weight is 292 g/mol. The van der Waals surface area contributed by atoms with E-state index in [-0.39, 0.29) is 5.82 Å². The van der Waals surface area contributed by atoms with Crippen LogP contribution in [0.15, 0.2) is 48.5 Å². The van der Waals surface area contributed by atoms with Crippen molar-refractivity contribution >= 4 is 28.4 Å². The summed E-state index contributed by atoms with van der Waals surface area (Å²) >= 11 is 0. The topological polar surface area (TPSA) is 8.17 Å². The molecule has 3 aromatic rings. The van der Waals surface area contributed by atoms with Crippen molar-refractivity contribution < 1.29 is 4.39 Å². The molecule has 0 aliphatic carbocycles. The maximum absolute atomic E-state index is 13.1. The number of aryl methyl sites for hydroxylation is 1. The van der Waals surface area contributed by atoms with Crippen molar-refractivity contribution in [1.82, 2.24) is 4.57 Å². The highest BCUT2D eigenvalue weighted by Crippen LogP contribution is 2.38. The van der Waals surface area contributed by atoms with E-state index in [1.807, 2.05) is 12.1 Å². The molecule has 0 radical (unpaired) electrons. The van der Waals surface area contributed by atoms with Crippen LogP contribution in [0, 0.1) is 5.82 Å². The van der Waals surface area contributed by atoms with E-state index in [1.165, 1.54) is 40.0 Å². The van der Waals surface area contributed by atoms with Crippen molar-refractivity contribution in [2.45, 2.75) is 0 Å². The second-order valence-electron chi connectivity index (χ2n) is 5.85. The maximum atomic E-state index is 13.1. The monoisotopic (exact) mass is 292 g/mol. The summed E-state index contributed by atoms with van der Waals surface area (Å²) in [6.07, 6.45) is 2.24. The van der Waals surface area contributed by atoms with Crippen molar-refractivity contribution in [2.24, 2.45) is 7.05 Å². The largest absolute Gasteiger partial charge is 0.356 e. The van der Waals surface area contributed by atoms with E-state index in [9.17, 15) is 4.39 Å². The molecule has 0 fully saturated rings. The summed E-state index contributed by atoms with van der Waals surface area (Å²) < 4.78 is 15.4. The van der Waals surface area contributed by atoms with Gasteiger partial charge in [0, 0.05) is 37.1 Å². The third-order valence-electron chi connectivity index (χ3n) is 4.42. The Hall–Kier alpha value is -2.55. The molecule has 0 amide bonds. The highest BCUT2D eigenvalue weighted by Gasteiger charge is 2.22. The standard InChI is InChI=1S/C19H17FN2/c1-21-12-14(13-7-9-15(20)10-8-13)11-17-16-5-3-4-6-18(16)22(2)19(17)21/h3-11H,12H2,1-2H3. The van der Waals surface area contributed by atoms with Gasteiger partial charge < -0.3 is 9.47 Å². The minimum absolute atomic E-state index is 0.195. The number of anilines is 1. The molecule has 2 aromatic carbocycles. The van der Waals surface area contributed by atoms with E-state index in [1.54, 1.807) is 0 Å². The van der Waals surface area contributed by atoms with Crippen molar-refractivity contribution in [3.05, 3.63) is 65.5 Å². The van der Waals surface area contributed by atoms with E-state index >= 15 is 0 Å². The SMILES string of the molecule is CN1CC(c2ccc(F)cc2)=Cc2c1n(C)c1ccccc21. The van der Waals surface area contributed by atoms with Gasteiger partial charge in [0.15, 0.2) is 0 Å². The fourth-order valence-electron chi connectivity index (χ4n) is 3.40. The molecule has 1 aliphatic heterocycles. The zero-order valence-electron chi connectivity index (χ0n) is 12.7. The summed E-state index contributed by atoms with van der Waals surface area (Å²) in [7, 11) is 4.21. The molecule has 22 heavy (non-hydrogen) atoms. The number of hydrogen-bond acceptors (Lipinski definition) is 1. The molecule has 0 bridgehead atoms. The minimum atomic E-state index is -0.195. The quantitative estimate of drug-likeness (QED) is 0.649. The van der Waals surface area contributed by atoms with Gasteiger partial charge >= 0.3 is 0 Å². The van der Waals surface area contributed by atoms with Crippen LogP contribution in [0.1, 0.15) is 11.1 Å². The highest BCUT2D eigenvalue weighted by molar-refractivity contribution is 6.03. The van der Waals surface area contributed by atoms with Crippen LogP contribution in [0.5, 0.6) is 0 Å². The summed E-state index contributed by atoms with van der Waals surface area (Å²) in [6.45, 7) is 0.822. The molecule has 0 unspecified atom stereocenters. The third-order valence-corrected chi connectivity index (χ3v) is 4.42. The smallest absolute Gasteiger partial charge is 0.123 e. The van der Waals surface area contributed by atoms with Crippen molar-refractivity contribution in [2.75, 3.05) is 18.5 Å². The van der Waals surface area contributed by atoms with Crippen LogP contribution >= 0.6 is 0 Å². The second-order valence-corrected chi connectivity index (χ2v) is 5.85. The highest BCUT2D eigenvalue weighted by atomic mass is 19.1. The number of hydrogen-bond donors (Lipinski definition) is 0. The van der Waals surface area contributed by atoms with Crippen LogP contribution < -0.4 is 4.90 Å². The van der Waals surface area contributed by atoms with Crippen molar-refractivity contribution in [3.63, 3.8) is 0 Å². The number of para-hydroxylation sites is 1. The fraction of sp³-hybridized carbons (Fsp3) is 0.158. The first kappa shape index (κ1) is 13.1. The van der Waals surface area contributed by atoms with Gasteiger partial charge in [0.1, 0.15) is 11.6 Å². The van der Waals surface area contributed by atoms with Gasteiger partial charge in [-0.15, -0.1) is 0 Å². The zero-order valence-corrected chi connectivity index (χ0v) is 12.7. The third kappa shape index (κ3) is 1.86. The fourth-order valence-corrected chi connectivity index (χ4v) is 3.40. The Morgan fingerprint density at radius 2 is 1.68 bits per heavy atom. The molecule has 0 N–H and O–H groups in total. The summed E-state index contributed by atoms with van der Waals surface area (Å²) in [5, 5.41) is 1.26. The average Bonchev–Trinajstić information content (AvgIpc) is 2.82. The van der Waals surface area contributed by atoms with Gasteiger partial charge in [-0.1, -0.05) is 30.3 Å². The summed E-state index contributed by atoms with van der Waals surface area (Å²) in [6, 6.07) is 15.2. The molecular weight excluding hydrogens is 275 g/mol. The van der Waals surface area contributed by atoms with E-state index in [0.29, 0.717) is 0 Å². The number of aromatic nitrogens is 1. The number of fused-ring (bicyclic) bond motifs is 3. The Bertz CT molecular complexity index is 888. The zero-order chi connectivity index (χ0) is 15.3. The van der Waals surface area contributed by atoms with Crippen LogP contribution in [0.3, 0.4) is 0 Å². The van der Waals surface area contributed by atoms with E-state index in [0.717, 1.165) is 12.1 Å². The van der Waals surface area contributed by atoms with Crippen LogP contribution in [0.2, 0.25) is 0 Å². The van der Waals surface area contributed by atoms with Crippen molar-refractivity contribution in [3.8, 4) is 0 Å². The molecule has 3 heteroatoms. The Morgan fingerprint density at radius 1 is 0.955 bits per heavy atom. The molecule has 2 nitrogen and oxygen atoms in total. The molecule has 0 spiro atoms. The number of likely N-dealkylation sites (N-methyl/N-ethyl adjacent to an activating group) is 1. The predicted octanol–water partition coefficient (Wildman–Crippen LogP) is 4.31. The first-order chi connectivity index (χ1) is 10.6. The Morgan fingerprint density at radius 3 is 2.45 bits per heavy atom. The Kier molecular flexibility index (Phi) is 2.83. The van der Waals surface area contributed by atoms with Crippen LogP contribution in [0.25, 0.3) is 22.6 Å². The van der Waals surface area contributed by atoms with Crippen LogP contribution in [-0.4, -0.2) is 18.2 Å². The molecule has 0 atom stereocenters. The van der Waals surface area contributed by atoms with Gasteiger partial charge in [-0.25, -0.2) is 4.39 Å². The van der Waals surface area contributed by atoms with Gasteiger partial charge in [-0.05, 0) is 35.4 Å². The molecule has 1 aromatic heterocycles. The normalized spacial score (nSPS) is 14.1. The van der Waals surface area contributed by atoms with E-state index in [2.05, 4.69) is 53.9 Å². The minimum Gasteiger partial charge on any atom is -0.356 e. The Labute approximate surface area is 129 Å². The first-order valence-corrected chi connectivity index (χ1v) is 7.40. The van der Waals surface area contributed by atoms with Gasteiger partial charge in [0.2, 0.25) is 0 Å². The van der Waals surface area contributed by atoms with Gasteiger partial charge in [0.05, 0.1) is 0 Å². The lowest BCUT2D eigenvalue weighted by Gasteiger charge is -2.27. The van der Waals surface area contributed by atoms with Crippen LogP contribution in [-0.2, 0) is 7.05 Å². The van der Waals surface area contributed by atoms with E-state index < -0.39 is 0 Å². The summed E-state index contributed by atoms with van der Waals surface area (Å²) in [4.78, 5) is 2.26. The number of rotatable bonds is 1. The van der Waals surface area contributed by atoms with Crippen LogP contribution in [0.4, 0.5) is 10.2 Å². The lowest BCUT2D eigenvalue weighted by Crippen LogP contribution is -2.25. The molecule has 4 rings (SSSR count). The molecule has 0 saturated heterocycles. The molecule has 110 valence electrons. The first-order valence-electron chi connectivity index (χ1n) is 7.40. The summed E-state index contributed by atoms with van der Waals surface area (Å²) in [5.74, 6) is 1.03. The number of halogens is 1. The van der Waals surface area contributed by atoms with Gasteiger partial charge in [-0.3, -0.25) is 0 Å². The molecule has 1 aliphatic rings. The lowest BCUT2D eigenvalue weighted by molar-refractivity contribution is 0.627. The second kappa shape index (κ2) is 4.73. The molecular formula is C19H17FN2. The Balaban J connectivity index is 1.94. The number of benzene rings is 2. The predicted molar refractivity (Wildman–Crippen MR) is 90.5 cm³/mol. The molecule has 0 saturated carbocycles. The maximum Gasteiger partial charge on any atom is 0.123 e. The summed E-state index contributed by atoms with van der Waals surface area (Å²) in [5.41, 5.74) is 4.76. The van der Waals surface area contributed by atoms with Gasteiger partial charge in [0.25, 0.3) is 0 Å². The van der Waals surface area contributed by atoms with Gasteiger partial charge in [-0.2, -0.15) is 0 Å².